The molecule has 1 amide bonds. The highest BCUT2D eigenvalue weighted by Crippen LogP contribution is 2.16. The van der Waals surface area contributed by atoms with E-state index in [-0.39, 0.29) is 6.04 Å². The Kier molecular flexibility index (Phi) is 7.47. The van der Waals surface area contributed by atoms with Gasteiger partial charge in [0.2, 0.25) is 0 Å². The Hall–Kier alpha value is -2.75. The van der Waals surface area contributed by atoms with Crippen LogP contribution >= 0.6 is 0 Å². The summed E-state index contributed by atoms with van der Waals surface area (Å²) in [6.07, 6.45) is 4.17. The molecule has 0 heterocycles. The molecule has 0 spiro atoms. The van der Waals surface area contributed by atoms with E-state index in [1.165, 1.54) is 0 Å². The first-order chi connectivity index (χ1) is 12.9. The van der Waals surface area contributed by atoms with E-state index in [1.54, 1.807) is 0 Å². The number of amides is 1. The average Bonchev–Trinajstić information content (AvgIpc) is 2.60. The minimum Gasteiger partial charge on any atom is -0.489 e. The predicted octanol–water partition coefficient (Wildman–Crippen LogP) is 5.28. The van der Waals surface area contributed by atoms with Crippen LogP contribution < -0.4 is 10.1 Å². The Morgan fingerprint density at radius 3 is 2.30 bits per heavy atom. The van der Waals surface area contributed by atoms with Gasteiger partial charge in [-0.3, -0.25) is 0 Å². The first kappa shape index (κ1) is 20.6. The lowest BCUT2D eigenvalue weighted by Crippen LogP contribution is -2.39. The summed E-state index contributed by atoms with van der Waals surface area (Å²) in [5, 5.41) is 2.91. The topological polar surface area (TPSA) is 47.6 Å². The molecule has 27 heavy (non-hydrogen) atoms. The third-order valence-electron chi connectivity index (χ3n) is 3.75. The van der Waals surface area contributed by atoms with E-state index in [0.717, 1.165) is 16.9 Å². The standard InChI is InChI=1S/C23H29NO3/c1-5-9-20(24-22(25)27-23(2,3)4)16-18-12-14-21(15-13-18)26-17-19-10-7-6-8-11-19/h5-15,20H,16-17H2,1-4H3,(H,24,25)/b9-5+/t20-/m0/s1. The quantitative estimate of drug-likeness (QED) is 0.678. The Balaban J connectivity index is 1.91. The Morgan fingerprint density at radius 2 is 1.70 bits per heavy atom. The van der Waals surface area contributed by atoms with Gasteiger partial charge in [0.1, 0.15) is 18.0 Å². The molecule has 1 N–H and O–H groups in total. The first-order valence-electron chi connectivity index (χ1n) is 9.24. The Morgan fingerprint density at radius 1 is 1.04 bits per heavy atom. The van der Waals surface area contributed by atoms with Gasteiger partial charge in [-0.25, -0.2) is 4.79 Å². The van der Waals surface area contributed by atoms with Crippen molar-refractivity contribution in [1.29, 1.82) is 0 Å². The van der Waals surface area contributed by atoms with Crippen LogP contribution in [0.5, 0.6) is 5.75 Å². The van der Waals surface area contributed by atoms with Crippen LogP contribution in [0, 0.1) is 0 Å². The number of alkyl carbamates (subject to hydrolysis) is 1. The van der Waals surface area contributed by atoms with Gasteiger partial charge in [-0.1, -0.05) is 54.6 Å². The minimum absolute atomic E-state index is 0.124. The fourth-order valence-electron chi connectivity index (χ4n) is 2.58. The van der Waals surface area contributed by atoms with Crippen LogP contribution in [0.3, 0.4) is 0 Å². The summed E-state index contributed by atoms with van der Waals surface area (Å²) in [6, 6.07) is 17.9. The lowest BCUT2D eigenvalue weighted by Gasteiger charge is -2.22. The number of carbonyl (C=O) groups is 1. The molecule has 0 fully saturated rings. The number of benzene rings is 2. The highest BCUT2D eigenvalue weighted by Gasteiger charge is 2.18. The van der Waals surface area contributed by atoms with E-state index in [4.69, 9.17) is 9.47 Å². The second-order valence-corrected chi connectivity index (χ2v) is 7.40. The SMILES string of the molecule is C/C=C/[C@@H](Cc1ccc(OCc2ccccc2)cc1)NC(=O)OC(C)(C)C. The summed E-state index contributed by atoms with van der Waals surface area (Å²) in [7, 11) is 0. The lowest BCUT2D eigenvalue weighted by atomic mass is 10.1. The molecule has 4 nitrogen and oxygen atoms in total. The number of rotatable bonds is 7. The fourth-order valence-corrected chi connectivity index (χ4v) is 2.58. The minimum atomic E-state index is -0.512. The number of nitrogens with one attached hydrogen (secondary N) is 1. The van der Waals surface area contributed by atoms with Gasteiger partial charge in [-0.15, -0.1) is 0 Å². The summed E-state index contributed by atoms with van der Waals surface area (Å²) in [5.41, 5.74) is 1.74. The van der Waals surface area contributed by atoms with Gasteiger partial charge >= 0.3 is 6.09 Å². The highest BCUT2D eigenvalue weighted by molar-refractivity contribution is 5.68. The molecule has 0 bridgehead atoms. The van der Waals surface area contributed by atoms with Crippen molar-refractivity contribution in [3.05, 3.63) is 77.9 Å². The summed E-state index contributed by atoms with van der Waals surface area (Å²) >= 11 is 0. The van der Waals surface area contributed by atoms with E-state index in [0.29, 0.717) is 13.0 Å². The molecule has 0 aliphatic rings. The maximum atomic E-state index is 12.0. The number of allylic oxidation sites excluding steroid dienone is 1. The van der Waals surface area contributed by atoms with Crippen molar-refractivity contribution in [2.24, 2.45) is 0 Å². The zero-order valence-corrected chi connectivity index (χ0v) is 16.6. The maximum absolute atomic E-state index is 12.0. The van der Waals surface area contributed by atoms with Gasteiger partial charge in [0, 0.05) is 0 Å². The summed E-state index contributed by atoms with van der Waals surface area (Å²) in [6.45, 7) is 8.04. The van der Waals surface area contributed by atoms with Crippen molar-refractivity contribution in [2.75, 3.05) is 0 Å². The van der Waals surface area contributed by atoms with Crippen molar-refractivity contribution < 1.29 is 14.3 Å². The summed E-state index contributed by atoms with van der Waals surface area (Å²) in [4.78, 5) is 12.0. The molecule has 0 saturated heterocycles. The molecule has 4 heteroatoms. The molecular weight excluding hydrogens is 338 g/mol. The number of hydrogen-bond acceptors (Lipinski definition) is 3. The highest BCUT2D eigenvalue weighted by atomic mass is 16.6. The van der Waals surface area contributed by atoms with Gasteiger partial charge in [0.15, 0.2) is 0 Å². The molecule has 144 valence electrons. The average molecular weight is 367 g/mol. The molecule has 2 aromatic rings. The van der Waals surface area contributed by atoms with Crippen LogP contribution in [0.2, 0.25) is 0 Å². The zero-order chi connectivity index (χ0) is 19.7. The van der Waals surface area contributed by atoms with Crippen LogP contribution in [-0.2, 0) is 17.8 Å². The molecule has 1 atom stereocenters. The Labute approximate surface area is 162 Å². The smallest absolute Gasteiger partial charge is 0.408 e. The maximum Gasteiger partial charge on any atom is 0.408 e. The largest absolute Gasteiger partial charge is 0.489 e. The van der Waals surface area contributed by atoms with E-state index in [1.807, 2.05) is 94.4 Å². The second kappa shape index (κ2) is 9.81. The molecule has 0 aliphatic carbocycles. The first-order valence-corrected chi connectivity index (χ1v) is 9.24. The predicted molar refractivity (Wildman–Crippen MR) is 109 cm³/mol. The third-order valence-corrected chi connectivity index (χ3v) is 3.75. The molecule has 2 rings (SSSR count). The van der Waals surface area contributed by atoms with Crippen molar-refractivity contribution in [1.82, 2.24) is 5.32 Å². The number of hydrogen-bond donors (Lipinski definition) is 1. The molecule has 2 aromatic carbocycles. The van der Waals surface area contributed by atoms with Crippen LogP contribution in [0.25, 0.3) is 0 Å². The molecular formula is C23H29NO3. The van der Waals surface area contributed by atoms with Crippen molar-refractivity contribution in [3.63, 3.8) is 0 Å². The van der Waals surface area contributed by atoms with Gasteiger partial charge in [-0.2, -0.15) is 0 Å². The van der Waals surface area contributed by atoms with Gasteiger partial charge in [-0.05, 0) is 57.4 Å². The molecule has 0 radical (unpaired) electrons. The van der Waals surface area contributed by atoms with Crippen molar-refractivity contribution in [3.8, 4) is 5.75 Å². The van der Waals surface area contributed by atoms with Crippen LogP contribution in [0.15, 0.2) is 66.7 Å². The van der Waals surface area contributed by atoms with Gasteiger partial charge in [0.05, 0.1) is 6.04 Å². The van der Waals surface area contributed by atoms with E-state index in [2.05, 4.69) is 5.32 Å². The monoisotopic (exact) mass is 367 g/mol. The molecule has 0 aromatic heterocycles. The second-order valence-electron chi connectivity index (χ2n) is 7.40. The Bertz CT molecular complexity index is 730. The molecule has 0 unspecified atom stereocenters. The van der Waals surface area contributed by atoms with E-state index >= 15 is 0 Å². The van der Waals surface area contributed by atoms with Crippen molar-refractivity contribution >= 4 is 6.09 Å². The van der Waals surface area contributed by atoms with Gasteiger partial charge < -0.3 is 14.8 Å². The van der Waals surface area contributed by atoms with Crippen LogP contribution in [0.1, 0.15) is 38.8 Å². The van der Waals surface area contributed by atoms with Gasteiger partial charge in [0.25, 0.3) is 0 Å². The zero-order valence-electron chi connectivity index (χ0n) is 16.6. The van der Waals surface area contributed by atoms with E-state index in [9.17, 15) is 4.79 Å². The normalized spacial score (nSPS) is 12.6. The summed E-state index contributed by atoms with van der Waals surface area (Å²) < 4.78 is 11.2. The lowest BCUT2D eigenvalue weighted by molar-refractivity contribution is 0.0514. The fraction of sp³-hybridized carbons (Fsp3) is 0.348. The van der Waals surface area contributed by atoms with E-state index < -0.39 is 11.7 Å². The van der Waals surface area contributed by atoms with Crippen molar-refractivity contribution in [2.45, 2.75) is 52.4 Å². The van der Waals surface area contributed by atoms with Crippen LogP contribution in [-0.4, -0.2) is 17.7 Å². The third kappa shape index (κ3) is 7.99. The number of ether oxygens (including phenoxy) is 2. The molecule has 0 aliphatic heterocycles. The number of carbonyl (C=O) groups excluding carboxylic acids is 1. The summed E-state index contributed by atoms with van der Waals surface area (Å²) in [5.74, 6) is 0.824. The molecule has 0 saturated carbocycles. The van der Waals surface area contributed by atoms with Crippen LogP contribution in [0.4, 0.5) is 4.79 Å².